The summed E-state index contributed by atoms with van der Waals surface area (Å²) in [6.45, 7) is 8.92. The number of hydrogen-bond donors (Lipinski definition) is 0. The van der Waals surface area contributed by atoms with Crippen LogP contribution in [-0.4, -0.2) is 22.0 Å². The largest absolute Gasteiger partial charge is 0.283 e. The van der Waals surface area contributed by atoms with Crippen LogP contribution in [0.15, 0.2) is 64.5 Å². The van der Waals surface area contributed by atoms with Crippen LogP contribution in [0.5, 0.6) is 0 Å². The Bertz CT molecular complexity index is 986. The molecule has 1 aliphatic heterocycles. The molecule has 1 saturated carbocycles. The lowest BCUT2D eigenvalue weighted by Gasteiger charge is -2.35. The molecule has 0 radical (unpaired) electrons. The Morgan fingerprint density at radius 2 is 1.68 bits per heavy atom. The summed E-state index contributed by atoms with van der Waals surface area (Å²) in [6.07, 6.45) is 6.67. The summed E-state index contributed by atoms with van der Waals surface area (Å²) in [6, 6.07) is 18.7. The van der Waals surface area contributed by atoms with E-state index in [1.165, 1.54) is 36.6 Å². The van der Waals surface area contributed by atoms with E-state index in [0.717, 1.165) is 27.7 Å². The van der Waals surface area contributed by atoms with Gasteiger partial charge in [0.05, 0.1) is 10.6 Å². The zero-order chi connectivity index (χ0) is 22.0. The van der Waals surface area contributed by atoms with E-state index in [4.69, 9.17) is 4.99 Å². The van der Waals surface area contributed by atoms with Crippen LogP contribution in [0.25, 0.3) is 6.08 Å². The van der Waals surface area contributed by atoms with Gasteiger partial charge in [0.15, 0.2) is 5.17 Å². The third kappa shape index (κ3) is 4.95. The van der Waals surface area contributed by atoms with E-state index in [1.54, 1.807) is 0 Å². The van der Waals surface area contributed by atoms with Gasteiger partial charge in [-0.15, -0.1) is 0 Å². The van der Waals surface area contributed by atoms with Gasteiger partial charge in [0.25, 0.3) is 5.91 Å². The van der Waals surface area contributed by atoms with Gasteiger partial charge in [0.1, 0.15) is 0 Å². The molecule has 1 amide bonds. The Morgan fingerprint density at radius 3 is 2.32 bits per heavy atom. The van der Waals surface area contributed by atoms with Gasteiger partial charge in [0.2, 0.25) is 0 Å². The minimum absolute atomic E-state index is 0.0957. The molecule has 2 aromatic rings. The lowest BCUT2D eigenvalue weighted by Crippen LogP contribution is -2.44. The highest BCUT2D eigenvalue weighted by Gasteiger charge is 2.41. The van der Waals surface area contributed by atoms with Gasteiger partial charge < -0.3 is 0 Å². The first-order chi connectivity index (χ1) is 14.8. The van der Waals surface area contributed by atoms with Crippen molar-refractivity contribution in [2.45, 2.75) is 64.8 Å². The predicted octanol–water partition coefficient (Wildman–Crippen LogP) is 7.17. The first-order valence-electron chi connectivity index (χ1n) is 11.3. The van der Waals surface area contributed by atoms with Crippen molar-refractivity contribution in [1.82, 2.24) is 4.90 Å². The van der Waals surface area contributed by atoms with Crippen molar-refractivity contribution < 1.29 is 4.79 Å². The summed E-state index contributed by atoms with van der Waals surface area (Å²) in [5.41, 5.74) is 3.36. The number of amides is 1. The average Bonchev–Trinajstić information content (AvgIpc) is 3.03. The zero-order valence-electron chi connectivity index (χ0n) is 19.0. The van der Waals surface area contributed by atoms with Gasteiger partial charge in [-0.2, -0.15) is 0 Å². The predicted molar refractivity (Wildman–Crippen MR) is 133 cm³/mol. The molecule has 2 aromatic carbocycles. The zero-order valence-corrected chi connectivity index (χ0v) is 19.8. The molecular formula is C27H32N2OS. The van der Waals surface area contributed by atoms with Crippen molar-refractivity contribution in [3.8, 4) is 0 Å². The summed E-state index contributed by atoms with van der Waals surface area (Å²) in [4.78, 5) is 21.2. The van der Waals surface area contributed by atoms with Crippen molar-refractivity contribution in [1.29, 1.82) is 0 Å². The molecule has 2 fully saturated rings. The number of benzene rings is 2. The minimum atomic E-state index is 0.0957. The molecule has 1 aliphatic carbocycles. The molecule has 162 valence electrons. The molecule has 1 heterocycles. The maximum atomic E-state index is 13.5. The number of thioether (sulfide) groups is 1. The van der Waals surface area contributed by atoms with Crippen LogP contribution in [0.3, 0.4) is 0 Å². The maximum absolute atomic E-state index is 13.5. The van der Waals surface area contributed by atoms with Crippen LogP contribution in [0.2, 0.25) is 0 Å². The normalized spacial score (nSPS) is 24.9. The van der Waals surface area contributed by atoms with Crippen LogP contribution in [0.4, 0.5) is 5.69 Å². The fourth-order valence-electron chi connectivity index (χ4n) is 4.38. The smallest absolute Gasteiger partial charge is 0.267 e. The van der Waals surface area contributed by atoms with E-state index >= 15 is 0 Å². The van der Waals surface area contributed by atoms with Crippen LogP contribution in [-0.2, 0) is 10.2 Å². The molecule has 0 aromatic heterocycles. The molecule has 0 unspecified atom stereocenters. The average molecular weight is 433 g/mol. The highest BCUT2D eigenvalue weighted by molar-refractivity contribution is 8.18. The Labute approximate surface area is 190 Å². The number of aliphatic imine (C=N–C) groups is 1. The Morgan fingerprint density at radius 1 is 1.00 bits per heavy atom. The van der Waals surface area contributed by atoms with E-state index in [0.29, 0.717) is 5.92 Å². The highest BCUT2D eigenvalue weighted by atomic mass is 32.2. The molecule has 0 N–H and O–H groups in total. The summed E-state index contributed by atoms with van der Waals surface area (Å²) < 4.78 is 0. The van der Waals surface area contributed by atoms with Crippen LogP contribution in [0, 0.1) is 5.92 Å². The van der Waals surface area contributed by atoms with Gasteiger partial charge in [-0.25, -0.2) is 4.99 Å². The van der Waals surface area contributed by atoms with Crippen molar-refractivity contribution in [2.24, 2.45) is 10.9 Å². The molecule has 2 aliphatic rings. The molecule has 4 rings (SSSR count). The second-order valence-corrected chi connectivity index (χ2v) is 10.7. The summed E-state index contributed by atoms with van der Waals surface area (Å²) in [5, 5.41) is 0.813. The first kappa shape index (κ1) is 21.9. The van der Waals surface area contributed by atoms with Crippen LogP contribution >= 0.6 is 11.8 Å². The number of carbonyl (C=O) groups excluding carboxylic acids is 1. The first-order valence-corrected chi connectivity index (χ1v) is 12.1. The molecule has 0 spiro atoms. The molecular weight excluding hydrogens is 400 g/mol. The highest BCUT2D eigenvalue weighted by Crippen LogP contribution is 2.40. The van der Waals surface area contributed by atoms with E-state index in [1.807, 2.05) is 41.3 Å². The summed E-state index contributed by atoms with van der Waals surface area (Å²) in [7, 11) is 0. The number of nitrogens with zero attached hydrogens (tertiary/aromatic N) is 2. The fraction of sp³-hybridized carbons (Fsp3) is 0.407. The van der Waals surface area contributed by atoms with Gasteiger partial charge in [-0.05, 0) is 65.3 Å². The van der Waals surface area contributed by atoms with Crippen molar-refractivity contribution in [2.75, 3.05) is 0 Å². The van der Waals surface area contributed by atoms with Gasteiger partial charge in [-0.3, -0.25) is 9.69 Å². The SMILES string of the molecule is C[C@H]1CCCC[C@@H]1N1C(=O)/C(=C/c2ccc(C(C)(C)C)cc2)SC1=Nc1ccccc1. The topological polar surface area (TPSA) is 32.7 Å². The quantitative estimate of drug-likeness (QED) is 0.482. The molecule has 4 heteroatoms. The van der Waals surface area contributed by atoms with E-state index < -0.39 is 0 Å². The maximum Gasteiger partial charge on any atom is 0.267 e. The lowest BCUT2D eigenvalue weighted by atomic mass is 9.85. The second-order valence-electron chi connectivity index (χ2n) is 9.72. The standard InChI is InChI=1S/C27H32N2OS/c1-19-10-8-9-13-23(19)29-25(30)24(31-26(29)28-22-11-6-5-7-12-22)18-20-14-16-21(17-15-20)27(2,3)4/h5-7,11-12,14-19,23H,8-10,13H2,1-4H3/b24-18-,28-26?/t19-,23-/m0/s1. The van der Waals surface area contributed by atoms with Crippen LogP contribution in [0.1, 0.15) is 64.5 Å². The van der Waals surface area contributed by atoms with Crippen molar-refractivity contribution >= 4 is 34.6 Å². The Kier molecular flexibility index (Phi) is 6.38. The summed E-state index contributed by atoms with van der Waals surface area (Å²) in [5.74, 6) is 0.586. The lowest BCUT2D eigenvalue weighted by molar-refractivity contribution is -0.124. The number of carbonyl (C=O) groups is 1. The van der Waals surface area contributed by atoms with E-state index in [2.05, 4.69) is 52.0 Å². The summed E-state index contributed by atoms with van der Waals surface area (Å²) >= 11 is 1.51. The fourth-order valence-corrected chi connectivity index (χ4v) is 5.43. The van der Waals surface area contributed by atoms with Gasteiger partial charge in [-0.1, -0.05) is 83.0 Å². The minimum Gasteiger partial charge on any atom is -0.283 e. The number of para-hydroxylation sites is 1. The number of amidine groups is 1. The van der Waals surface area contributed by atoms with Crippen molar-refractivity contribution in [3.63, 3.8) is 0 Å². The van der Waals surface area contributed by atoms with Crippen LogP contribution < -0.4 is 0 Å². The van der Waals surface area contributed by atoms with Gasteiger partial charge in [0, 0.05) is 6.04 Å². The number of rotatable bonds is 3. The third-order valence-corrected chi connectivity index (χ3v) is 7.27. The van der Waals surface area contributed by atoms with Gasteiger partial charge >= 0.3 is 0 Å². The monoisotopic (exact) mass is 432 g/mol. The van der Waals surface area contributed by atoms with E-state index in [9.17, 15) is 4.79 Å². The second kappa shape index (κ2) is 9.04. The molecule has 0 bridgehead atoms. The Hall–Kier alpha value is -2.33. The molecule has 3 nitrogen and oxygen atoms in total. The molecule has 2 atom stereocenters. The molecule has 31 heavy (non-hydrogen) atoms. The van der Waals surface area contributed by atoms with Crippen molar-refractivity contribution in [3.05, 3.63) is 70.6 Å². The Balaban J connectivity index is 1.68. The van der Waals surface area contributed by atoms with E-state index in [-0.39, 0.29) is 17.4 Å². The molecule has 1 saturated heterocycles. The number of hydrogen-bond acceptors (Lipinski definition) is 3. The third-order valence-electron chi connectivity index (χ3n) is 6.29.